The fourth-order valence-corrected chi connectivity index (χ4v) is 4.95. The van der Waals surface area contributed by atoms with Crippen LogP contribution in [0.4, 0.5) is 11.9 Å². The number of aromatic amines is 1. The van der Waals surface area contributed by atoms with E-state index >= 15 is 0 Å². The van der Waals surface area contributed by atoms with E-state index in [4.69, 9.17) is 4.98 Å². The Morgan fingerprint density at radius 1 is 1.09 bits per heavy atom. The van der Waals surface area contributed by atoms with Gasteiger partial charge in [0.15, 0.2) is 0 Å². The Labute approximate surface area is 197 Å². The van der Waals surface area contributed by atoms with Crippen molar-refractivity contribution in [1.82, 2.24) is 19.5 Å². The number of rotatable bonds is 6. The summed E-state index contributed by atoms with van der Waals surface area (Å²) in [6.45, 7) is 2.60. The van der Waals surface area contributed by atoms with Gasteiger partial charge in [-0.05, 0) is 48.9 Å². The summed E-state index contributed by atoms with van der Waals surface area (Å²) in [7, 11) is 2.01. The monoisotopic (exact) mass is 460 g/mol. The summed E-state index contributed by atoms with van der Waals surface area (Å²) in [6.07, 6.45) is 5.61. The minimum Gasteiger partial charge on any atom is -0.342 e. The van der Waals surface area contributed by atoms with Crippen LogP contribution in [0.5, 0.6) is 0 Å². The van der Waals surface area contributed by atoms with Crippen molar-refractivity contribution in [3.05, 3.63) is 76.7 Å². The SMILES string of the molecule is CSc1ccc(Cn2c(N3CCC(N(C)c4nccc(=O)[nH]4)CC3)nc3ccccc32)cc1. The van der Waals surface area contributed by atoms with Crippen molar-refractivity contribution in [2.45, 2.75) is 30.3 Å². The minimum absolute atomic E-state index is 0.122. The maximum atomic E-state index is 11.7. The molecule has 1 aliphatic rings. The van der Waals surface area contributed by atoms with Crippen molar-refractivity contribution in [1.29, 1.82) is 0 Å². The maximum Gasteiger partial charge on any atom is 0.252 e. The molecule has 8 heteroatoms. The third-order valence-corrected chi connectivity index (χ3v) is 7.16. The molecule has 1 saturated heterocycles. The van der Waals surface area contributed by atoms with Crippen LogP contribution >= 0.6 is 11.8 Å². The molecule has 5 rings (SSSR count). The molecule has 0 radical (unpaired) electrons. The number of imidazole rings is 1. The third kappa shape index (κ3) is 4.48. The number of hydrogen-bond donors (Lipinski definition) is 1. The van der Waals surface area contributed by atoms with E-state index in [0.29, 0.717) is 12.0 Å². The van der Waals surface area contributed by atoms with E-state index < -0.39 is 0 Å². The highest BCUT2D eigenvalue weighted by atomic mass is 32.2. The van der Waals surface area contributed by atoms with Crippen molar-refractivity contribution in [3.8, 4) is 0 Å². The Balaban J connectivity index is 1.37. The van der Waals surface area contributed by atoms with Crippen molar-refractivity contribution in [3.63, 3.8) is 0 Å². The van der Waals surface area contributed by atoms with Crippen molar-refractivity contribution in [2.24, 2.45) is 0 Å². The number of nitrogens with zero attached hydrogens (tertiary/aromatic N) is 5. The average molecular weight is 461 g/mol. The second-order valence-electron chi connectivity index (χ2n) is 8.42. The molecule has 3 heterocycles. The minimum atomic E-state index is -0.122. The van der Waals surface area contributed by atoms with Crippen LogP contribution in [0.1, 0.15) is 18.4 Å². The molecular formula is C25H28N6OS. The van der Waals surface area contributed by atoms with Crippen LogP contribution in [0.25, 0.3) is 11.0 Å². The highest BCUT2D eigenvalue weighted by molar-refractivity contribution is 7.98. The van der Waals surface area contributed by atoms with Gasteiger partial charge >= 0.3 is 0 Å². The number of piperidine rings is 1. The third-order valence-electron chi connectivity index (χ3n) is 6.42. The van der Waals surface area contributed by atoms with E-state index in [1.807, 2.05) is 13.1 Å². The van der Waals surface area contributed by atoms with Gasteiger partial charge in [0.25, 0.3) is 5.56 Å². The molecule has 1 fully saturated rings. The molecule has 1 N–H and O–H groups in total. The largest absolute Gasteiger partial charge is 0.342 e. The van der Waals surface area contributed by atoms with E-state index in [2.05, 4.69) is 73.1 Å². The first-order valence-corrected chi connectivity index (χ1v) is 12.5. The molecule has 0 unspecified atom stereocenters. The second kappa shape index (κ2) is 9.31. The van der Waals surface area contributed by atoms with E-state index in [9.17, 15) is 4.79 Å². The Hall–Kier alpha value is -3.26. The van der Waals surface area contributed by atoms with Crippen molar-refractivity contribution >= 4 is 34.7 Å². The summed E-state index contributed by atoms with van der Waals surface area (Å²) in [4.78, 5) is 29.6. The van der Waals surface area contributed by atoms with Gasteiger partial charge in [-0.2, -0.15) is 0 Å². The molecule has 7 nitrogen and oxygen atoms in total. The zero-order valence-corrected chi connectivity index (χ0v) is 19.8. The summed E-state index contributed by atoms with van der Waals surface area (Å²) in [6, 6.07) is 18.9. The summed E-state index contributed by atoms with van der Waals surface area (Å²) in [5.74, 6) is 1.65. The van der Waals surface area contributed by atoms with Crippen LogP contribution in [-0.4, -0.2) is 52.0 Å². The molecule has 0 atom stereocenters. The van der Waals surface area contributed by atoms with Crippen LogP contribution in [-0.2, 0) is 6.54 Å². The van der Waals surface area contributed by atoms with Crippen molar-refractivity contribution < 1.29 is 0 Å². The maximum absolute atomic E-state index is 11.7. The summed E-state index contributed by atoms with van der Waals surface area (Å²) in [5.41, 5.74) is 3.33. The number of anilines is 2. The van der Waals surface area contributed by atoms with Crippen LogP contribution in [0.3, 0.4) is 0 Å². The van der Waals surface area contributed by atoms with E-state index in [1.54, 1.807) is 18.0 Å². The van der Waals surface area contributed by atoms with Crippen LogP contribution in [0, 0.1) is 0 Å². The predicted octanol–water partition coefficient (Wildman–Crippen LogP) is 4.00. The molecular weight excluding hydrogens is 432 g/mol. The van der Waals surface area contributed by atoms with E-state index in [0.717, 1.165) is 49.5 Å². The molecule has 33 heavy (non-hydrogen) atoms. The number of nitrogens with one attached hydrogen (secondary N) is 1. The molecule has 4 aromatic rings. The lowest BCUT2D eigenvalue weighted by molar-refractivity contribution is 0.469. The number of benzene rings is 2. The lowest BCUT2D eigenvalue weighted by Gasteiger charge is -2.37. The molecule has 0 amide bonds. The van der Waals surface area contributed by atoms with Crippen LogP contribution in [0.15, 0.2) is 70.5 Å². The quantitative estimate of drug-likeness (QED) is 0.439. The normalized spacial score (nSPS) is 14.7. The number of para-hydroxylation sites is 2. The summed E-state index contributed by atoms with van der Waals surface area (Å²) in [5, 5.41) is 0. The zero-order valence-electron chi connectivity index (χ0n) is 18.9. The average Bonchev–Trinajstić information content (AvgIpc) is 3.22. The van der Waals surface area contributed by atoms with E-state index in [-0.39, 0.29) is 5.56 Å². The number of hydrogen-bond acceptors (Lipinski definition) is 6. The molecule has 0 spiro atoms. The lowest BCUT2D eigenvalue weighted by atomic mass is 10.0. The smallest absolute Gasteiger partial charge is 0.252 e. The molecule has 170 valence electrons. The van der Waals surface area contributed by atoms with Gasteiger partial charge < -0.3 is 14.4 Å². The van der Waals surface area contributed by atoms with Crippen LogP contribution in [0.2, 0.25) is 0 Å². The van der Waals surface area contributed by atoms with Gasteiger partial charge in [0.1, 0.15) is 0 Å². The molecule has 0 bridgehead atoms. The highest BCUT2D eigenvalue weighted by Gasteiger charge is 2.27. The summed E-state index contributed by atoms with van der Waals surface area (Å²) < 4.78 is 2.34. The zero-order chi connectivity index (χ0) is 22.8. The summed E-state index contributed by atoms with van der Waals surface area (Å²) >= 11 is 1.76. The Bertz CT molecular complexity index is 1290. The number of H-pyrrole nitrogens is 1. The van der Waals surface area contributed by atoms with Gasteiger partial charge in [-0.3, -0.25) is 9.78 Å². The Kier molecular flexibility index (Phi) is 6.09. The fraction of sp³-hybridized carbons (Fsp3) is 0.320. The number of aromatic nitrogens is 4. The number of thioether (sulfide) groups is 1. The first kappa shape index (κ1) is 21.6. The van der Waals surface area contributed by atoms with Gasteiger partial charge in [-0.25, -0.2) is 9.97 Å². The topological polar surface area (TPSA) is 70.1 Å². The van der Waals surface area contributed by atoms with Crippen LogP contribution < -0.4 is 15.4 Å². The number of fused-ring (bicyclic) bond motifs is 1. The standard InChI is InChI=1S/C25H28N6OS/c1-29(24-26-14-11-23(32)28-24)19-12-15-30(16-13-19)25-27-21-5-3-4-6-22(21)31(25)17-18-7-9-20(33-2)10-8-18/h3-11,14,19H,12-13,15-17H2,1-2H3,(H,26,28,32). The molecule has 2 aromatic carbocycles. The predicted molar refractivity (Wildman–Crippen MR) is 136 cm³/mol. The Morgan fingerprint density at radius 3 is 2.58 bits per heavy atom. The van der Waals surface area contributed by atoms with Gasteiger partial charge in [0, 0.05) is 43.3 Å². The van der Waals surface area contributed by atoms with Gasteiger partial charge in [-0.1, -0.05) is 24.3 Å². The fourth-order valence-electron chi connectivity index (χ4n) is 4.54. The first-order valence-electron chi connectivity index (χ1n) is 11.2. The molecule has 0 saturated carbocycles. The lowest BCUT2D eigenvalue weighted by Crippen LogP contribution is -2.45. The second-order valence-corrected chi connectivity index (χ2v) is 9.30. The van der Waals surface area contributed by atoms with Gasteiger partial charge in [0.05, 0.1) is 17.6 Å². The molecule has 2 aromatic heterocycles. The first-order chi connectivity index (χ1) is 16.1. The Morgan fingerprint density at radius 2 is 1.85 bits per heavy atom. The van der Waals surface area contributed by atoms with E-state index in [1.165, 1.54) is 16.5 Å². The highest BCUT2D eigenvalue weighted by Crippen LogP contribution is 2.28. The van der Waals surface area contributed by atoms with Gasteiger partial charge in [-0.15, -0.1) is 11.8 Å². The molecule has 1 aliphatic heterocycles. The van der Waals surface area contributed by atoms with Gasteiger partial charge in [0.2, 0.25) is 11.9 Å². The molecule has 0 aliphatic carbocycles. The van der Waals surface area contributed by atoms with Crippen molar-refractivity contribution in [2.75, 3.05) is 36.2 Å².